The molecule has 0 heterocycles. The first-order valence-electron chi connectivity index (χ1n) is 5.29. The third-order valence-corrected chi connectivity index (χ3v) is 7.31. The van der Waals surface area contributed by atoms with Crippen LogP contribution >= 0.6 is 19.8 Å². The van der Waals surface area contributed by atoms with Crippen LogP contribution < -0.4 is 0 Å². The van der Waals surface area contributed by atoms with E-state index >= 15 is 0 Å². The molecular weight excluding hydrogens is 412 g/mol. The van der Waals surface area contributed by atoms with Gasteiger partial charge in [0.25, 0.3) is 0 Å². The minimum Gasteiger partial charge on any atom is -0.230 e. The van der Waals surface area contributed by atoms with Crippen LogP contribution in [0.5, 0.6) is 0 Å². The maximum atomic E-state index is 12.6. The Morgan fingerprint density at radius 3 is 1.90 bits per heavy atom. The maximum absolute atomic E-state index is 12.6. The molecule has 0 aliphatic carbocycles. The maximum Gasteiger partial charge on any atom is 0.416 e. The first-order chi connectivity index (χ1) is 8.78. The molecule has 0 atom stereocenters. The predicted octanol–water partition coefficient (Wildman–Crippen LogP) is 3.64. The lowest BCUT2D eigenvalue weighted by Crippen LogP contribution is -2.29. The molecular formula is C11H12F3IO4S. The number of sulfone groups is 1. The van der Waals surface area contributed by atoms with Gasteiger partial charge < -0.3 is 0 Å². The van der Waals surface area contributed by atoms with E-state index in [2.05, 4.69) is 0 Å². The van der Waals surface area contributed by atoms with Gasteiger partial charge in [-0.2, -0.15) is 13.2 Å². The molecule has 9 heteroatoms. The number of hydrogen-bond donors (Lipinski definition) is 0. The van der Waals surface area contributed by atoms with Gasteiger partial charge in [0.05, 0.1) is 18.8 Å². The van der Waals surface area contributed by atoms with E-state index in [0.29, 0.717) is 18.2 Å². The second-order valence-electron chi connectivity index (χ2n) is 4.98. The Morgan fingerprint density at radius 1 is 1.05 bits per heavy atom. The van der Waals surface area contributed by atoms with E-state index in [1.54, 1.807) is 0 Å². The molecule has 0 bridgehead atoms. The fourth-order valence-electron chi connectivity index (χ4n) is 1.34. The lowest BCUT2D eigenvalue weighted by Gasteiger charge is -2.20. The van der Waals surface area contributed by atoms with Crippen molar-refractivity contribution in [3.8, 4) is 0 Å². The van der Waals surface area contributed by atoms with Crippen molar-refractivity contribution in [2.75, 3.05) is 0 Å². The number of hydrogen-bond acceptors (Lipinski definition) is 4. The van der Waals surface area contributed by atoms with E-state index in [4.69, 9.17) is 0 Å². The molecule has 1 aromatic rings. The first kappa shape index (κ1) is 17.3. The molecule has 0 fully saturated rings. The average molecular weight is 424 g/mol. The second kappa shape index (κ2) is 5.24. The van der Waals surface area contributed by atoms with Crippen LogP contribution in [0.15, 0.2) is 23.1 Å². The zero-order chi connectivity index (χ0) is 15.9. The van der Waals surface area contributed by atoms with Crippen LogP contribution in [-0.4, -0.2) is 13.2 Å². The molecule has 1 rings (SSSR count). The van der Waals surface area contributed by atoms with Gasteiger partial charge in [0.2, 0.25) is 0 Å². The molecule has 0 spiro atoms. The summed E-state index contributed by atoms with van der Waals surface area (Å²) in [6, 6.07) is 1.65. The van der Waals surface area contributed by atoms with Crippen LogP contribution in [-0.2, 0) is 22.2 Å². The smallest absolute Gasteiger partial charge is 0.230 e. The number of alkyl halides is 3. The van der Waals surface area contributed by atoms with Gasteiger partial charge in [-0.25, -0.2) is 14.6 Å². The van der Waals surface area contributed by atoms with Gasteiger partial charge in [-0.05, 0) is 39.0 Å². The van der Waals surface area contributed by atoms with E-state index in [1.165, 1.54) is 20.8 Å². The second-order valence-corrected chi connectivity index (χ2v) is 10.1. The van der Waals surface area contributed by atoms with Gasteiger partial charge in [0.15, 0.2) is 9.84 Å². The van der Waals surface area contributed by atoms with Gasteiger partial charge in [-0.15, -0.1) is 0 Å². The molecule has 0 aliphatic heterocycles. The topological polar surface area (TPSA) is 68.3 Å². The lowest BCUT2D eigenvalue weighted by atomic mass is 10.2. The summed E-state index contributed by atoms with van der Waals surface area (Å²) < 4.78 is 82.7. The van der Waals surface area contributed by atoms with Gasteiger partial charge in [-0.3, -0.25) is 0 Å². The molecule has 0 radical (unpaired) electrons. The highest BCUT2D eigenvalue weighted by Gasteiger charge is 2.37. The third-order valence-electron chi connectivity index (χ3n) is 2.52. The van der Waals surface area contributed by atoms with Crippen LogP contribution in [0, 0.1) is 3.57 Å². The zero-order valence-corrected chi connectivity index (χ0v) is 13.8. The highest BCUT2D eigenvalue weighted by Crippen LogP contribution is 2.37. The standard InChI is InChI=1S/C11H12F3IO4S/c1-10(2,3)20(18,19)9-6-7(11(12,13)14)4-5-8(9)15(16)17/h4-6H,1-3H3. The van der Waals surface area contributed by atoms with Gasteiger partial charge in [0, 0.05) is 0 Å². The summed E-state index contributed by atoms with van der Waals surface area (Å²) >= 11 is -4.24. The Bertz CT molecular complexity index is 689. The van der Waals surface area contributed by atoms with Crippen LogP contribution in [0.1, 0.15) is 26.3 Å². The van der Waals surface area contributed by atoms with E-state index in [9.17, 15) is 27.7 Å². The van der Waals surface area contributed by atoms with Crippen molar-refractivity contribution in [1.29, 1.82) is 0 Å². The molecule has 1 aromatic carbocycles. The Balaban J connectivity index is 3.75. The van der Waals surface area contributed by atoms with Crippen LogP contribution in [0.2, 0.25) is 0 Å². The van der Waals surface area contributed by atoms with Crippen molar-refractivity contribution in [2.24, 2.45) is 0 Å². The molecule has 0 N–H and O–H groups in total. The van der Waals surface area contributed by atoms with E-state index < -0.39 is 54.6 Å². The predicted molar refractivity (Wildman–Crippen MR) is 72.5 cm³/mol. The lowest BCUT2D eigenvalue weighted by molar-refractivity contribution is -0.137. The van der Waals surface area contributed by atoms with Crippen molar-refractivity contribution in [3.05, 3.63) is 27.3 Å². The molecule has 0 aromatic heterocycles. The molecule has 20 heavy (non-hydrogen) atoms. The normalized spacial score (nSPS) is 13.8. The van der Waals surface area contributed by atoms with Crippen molar-refractivity contribution >= 4 is 29.6 Å². The Labute approximate surface area is 121 Å². The van der Waals surface area contributed by atoms with Crippen molar-refractivity contribution in [1.82, 2.24) is 0 Å². The van der Waals surface area contributed by atoms with Crippen LogP contribution in [0.25, 0.3) is 0 Å². The highest BCUT2D eigenvalue weighted by molar-refractivity contribution is 14.2. The zero-order valence-electron chi connectivity index (χ0n) is 10.8. The van der Waals surface area contributed by atoms with Crippen molar-refractivity contribution in [2.45, 2.75) is 36.6 Å². The summed E-state index contributed by atoms with van der Waals surface area (Å²) in [5.41, 5.74) is -1.19. The van der Waals surface area contributed by atoms with Gasteiger partial charge >= 0.3 is 26.0 Å². The summed E-state index contributed by atoms with van der Waals surface area (Å²) in [4.78, 5) is -0.782. The minimum atomic E-state index is -4.74. The Hall–Kier alpha value is -0.710. The monoisotopic (exact) mass is 424 g/mol. The van der Waals surface area contributed by atoms with Crippen molar-refractivity contribution in [3.63, 3.8) is 0 Å². The Kier molecular flexibility index (Phi) is 4.55. The van der Waals surface area contributed by atoms with Crippen LogP contribution in [0.3, 0.4) is 0 Å². The largest absolute Gasteiger partial charge is 0.416 e. The summed E-state index contributed by atoms with van der Waals surface area (Å²) in [5, 5.41) is 0. The van der Waals surface area contributed by atoms with E-state index in [-0.39, 0.29) is 0 Å². The number of benzene rings is 1. The molecule has 0 amide bonds. The number of rotatable bonds is 2. The minimum absolute atomic E-state index is 0.385. The molecule has 0 aliphatic rings. The summed E-state index contributed by atoms with van der Waals surface area (Å²) in [6.07, 6.45) is -4.74. The Morgan fingerprint density at radius 2 is 1.55 bits per heavy atom. The summed E-state index contributed by atoms with van der Waals surface area (Å²) in [6.45, 7) is 3.88. The molecule has 114 valence electrons. The molecule has 0 saturated carbocycles. The van der Waals surface area contributed by atoms with Crippen LogP contribution in [0.4, 0.5) is 13.2 Å². The van der Waals surface area contributed by atoms with E-state index in [0.717, 1.165) is 0 Å². The fraction of sp³-hybridized carbons (Fsp3) is 0.455. The molecule has 4 nitrogen and oxygen atoms in total. The fourth-order valence-corrected chi connectivity index (χ4v) is 4.96. The number of halogens is 4. The molecule has 0 saturated heterocycles. The summed E-state index contributed by atoms with van der Waals surface area (Å²) in [5.74, 6) is 0. The first-order valence-corrected chi connectivity index (χ1v) is 9.62. The quantitative estimate of drug-likeness (QED) is 0.680. The SMILES string of the molecule is CC(C)(C)S(=O)(=O)c1cc(C(F)(F)F)ccc1I(=O)=O. The highest BCUT2D eigenvalue weighted by atomic mass is 127. The third kappa shape index (κ3) is 3.30. The molecule has 0 unspecified atom stereocenters. The average Bonchev–Trinajstić information content (AvgIpc) is 2.25. The summed E-state index contributed by atoms with van der Waals surface area (Å²) in [7, 11) is -4.20. The van der Waals surface area contributed by atoms with Crippen molar-refractivity contribution < 1.29 is 27.7 Å². The van der Waals surface area contributed by atoms with Gasteiger partial charge in [-0.1, -0.05) is 0 Å². The van der Waals surface area contributed by atoms with Gasteiger partial charge in [0.1, 0.15) is 0 Å². The van der Waals surface area contributed by atoms with E-state index in [1.807, 2.05) is 0 Å².